The highest BCUT2D eigenvalue weighted by Gasteiger charge is 2.26. The van der Waals surface area contributed by atoms with Gasteiger partial charge in [-0.2, -0.15) is 0 Å². The minimum atomic E-state index is -0.0597. The summed E-state index contributed by atoms with van der Waals surface area (Å²) in [6.07, 6.45) is 6.28. The van der Waals surface area contributed by atoms with Crippen LogP contribution in [0.4, 0.5) is 4.79 Å². The van der Waals surface area contributed by atoms with Gasteiger partial charge in [0.1, 0.15) is 0 Å². The van der Waals surface area contributed by atoms with E-state index in [1.54, 1.807) is 12.5 Å². The van der Waals surface area contributed by atoms with E-state index in [2.05, 4.69) is 10.3 Å². The maximum absolute atomic E-state index is 12.5. The van der Waals surface area contributed by atoms with Crippen LogP contribution in [0.2, 0.25) is 5.02 Å². The minimum absolute atomic E-state index is 0.0597. The number of urea groups is 1. The zero-order valence-corrected chi connectivity index (χ0v) is 15.1. The SMILES string of the molecule is CCOCC1CCN(C(=O)NCc2c(Cl)cccc2-n2ccnc2)C1. The maximum atomic E-state index is 12.5. The Kier molecular flexibility index (Phi) is 5.94. The summed E-state index contributed by atoms with van der Waals surface area (Å²) in [6.45, 7) is 5.30. The van der Waals surface area contributed by atoms with Gasteiger partial charge in [0.15, 0.2) is 0 Å². The molecule has 0 radical (unpaired) electrons. The second-order valence-corrected chi connectivity index (χ2v) is 6.53. The summed E-state index contributed by atoms with van der Waals surface area (Å²) in [5.74, 6) is 0.424. The fraction of sp³-hybridized carbons (Fsp3) is 0.444. The van der Waals surface area contributed by atoms with Crippen molar-refractivity contribution in [3.63, 3.8) is 0 Å². The molecule has 134 valence electrons. The molecule has 1 saturated heterocycles. The predicted molar refractivity (Wildman–Crippen MR) is 97.0 cm³/mol. The van der Waals surface area contributed by atoms with Crippen molar-refractivity contribution in [3.8, 4) is 5.69 Å². The number of imidazole rings is 1. The van der Waals surface area contributed by atoms with Crippen molar-refractivity contribution in [1.82, 2.24) is 19.8 Å². The Morgan fingerprint density at radius 3 is 3.12 bits per heavy atom. The number of hydrogen-bond donors (Lipinski definition) is 1. The van der Waals surface area contributed by atoms with E-state index in [1.807, 2.05) is 40.8 Å². The minimum Gasteiger partial charge on any atom is -0.381 e. The normalized spacial score (nSPS) is 17.0. The number of amides is 2. The Hall–Kier alpha value is -2.05. The molecule has 1 aliphatic rings. The largest absolute Gasteiger partial charge is 0.381 e. The highest BCUT2D eigenvalue weighted by atomic mass is 35.5. The van der Waals surface area contributed by atoms with Gasteiger partial charge in [0.2, 0.25) is 0 Å². The number of aromatic nitrogens is 2. The lowest BCUT2D eigenvalue weighted by molar-refractivity contribution is 0.113. The second-order valence-electron chi connectivity index (χ2n) is 6.13. The Bertz CT molecular complexity index is 705. The number of nitrogens with zero attached hydrogens (tertiary/aromatic N) is 3. The third-order valence-electron chi connectivity index (χ3n) is 4.42. The van der Waals surface area contributed by atoms with Gasteiger partial charge in [0, 0.05) is 55.1 Å². The Labute approximate surface area is 152 Å². The summed E-state index contributed by atoms with van der Waals surface area (Å²) in [5.41, 5.74) is 1.79. The zero-order chi connectivity index (χ0) is 17.6. The van der Waals surface area contributed by atoms with Crippen molar-refractivity contribution in [2.45, 2.75) is 19.9 Å². The van der Waals surface area contributed by atoms with Crippen molar-refractivity contribution in [1.29, 1.82) is 0 Å². The van der Waals surface area contributed by atoms with E-state index >= 15 is 0 Å². The number of likely N-dealkylation sites (tertiary alicyclic amines) is 1. The molecule has 0 aliphatic carbocycles. The van der Waals surface area contributed by atoms with Crippen LogP contribution in [0.3, 0.4) is 0 Å². The molecule has 6 nitrogen and oxygen atoms in total. The summed E-state index contributed by atoms with van der Waals surface area (Å²) in [5, 5.41) is 3.62. The van der Waals surface area contributed by atoms with Gasteiger partial charge in [-0.05, 0) is 25.5 Å². The summed E-state index contributed by atoms with van der Waals surface area (Å²) in [6, 6.07) is 5.62. The lowest BCUT2D eigenvalue weighted by Gasteiger charge is -2.19. The van der Waals surface area contributed by atoms with Crippen LogP contribution < -0.4 is 5.32 Å². The Morgan fingerprint density at radius 1 is 1.48 bits per heavy atom. The molecule has 1 aromatic heterocycles. The molecule has 25 heavy (non-hydrogen) atoms. The molecule has 0 saturated carbocycles. The quantitative estimate of drug-likeness (QED) is 0.859. The van der Waals surface area contributed by atoms with E-state index < -0.39 is 0 Å². The second kappa shape index (κ2) is 8.36. The number of halogens is 1. The average Bonchev–Trinajstić information content (AvgIpc) is 3.30. The van der Waals surface area contributed by atoms with Gasteiger partial charge >= 0.3 is 6.03 Å². The van der Waals surface area contributed by atoms with Crippen molar-refractivity contribution in [3.05, 3.63) is 47.5 Å². The molecule has 7 heteroatoms. The monoisotopic (exact) mass is 362 g/mol. The topological polar surface area (TPSA) is 59.4 Å². The molecule has 1 atom stereocenters. The number of hydrogen-bond acceptors (Lipinski definition) is 3. The molecule has 0 bridgehead atoms. The molecular weight excluding hydrogens is 340 g/mol. The molecule has 1 unspecified atom stereocenters. The third-order valence-corrected chi connectivity index (χ3v) is 4.78. The van der Waals surface area contributed by atoms with Crippen LogP contribution >= 0.6 is 11.6 Å². The summed E-state index contributed by atoms with van der Waals surface area (Å²) in [7, 11) is 0. The van der Waals surface area contributed by atoms with Crippen LogP contribution in [0.25, 0.3) is 5.69 Å². The first-order chi connectivity index (χ1) is 12.2. The van der Waals surface area contributed by atoms with Crippen LogP contribution in [0.1, 0.15) is 18.9 Å². The number of carbonyl (C=O) groups is 1. The van der Waals surface area contributed by atoms with Crippen molar-refractivity contribution < 1.29 is 9.53 Å². The number of benzene rings is 1. The van der Waals surface area contributed by atoms with Crippen LogP contribution in [0, 0.1) is 5.92 Å². The van der Waals surface area contributed by atoms with Gasteiger partial charge in [-0.1, -0.05) is 17.7 Å². The summed E-state index contributed by atoms with van der Waals surface area (Å²) < 4.78 is 7.35. The number of rotatable bonds is 6. The van der Waals surface area contributed by atoms with E-state index in [0.717, 1.165) is 37.4 Å². The van der Waals surface area contributed by atoms with Crippen molar-refractivity contribution in [2.24, 2.45) is 5.92 Å². The molecule has 2 aromatic rings. The number of carbonyl (C=O) groups excluding carboxylic acids is 1. The molecule has 2 heterocycles. The lowest BCUT2D eigenvalue weighted by Crippen LogP contribution is -2.38. The van der Waals surface area contributed by atoms with Crippen molar-refractivity contribution >= 4 is 17.6 Å². The first kappa shape index (κ1) is 17.8. The number of ether oxygens (including phenoxy) is 1. The fourth-order valence-corrected chi connectivity index (χ4v) is 3.32. The van der Waals surface area contributed by atoms with Gasteiger partial charge in [-0.3, -0.25) is 0 Å². The van der Waals surface area contributed by atoms with Gasteiger partial charge in [-0.15, -0.1) is 0 Å². The first-order valence-corrected chi connectivity index (χ1v) is 8.93. The molecule has 1 N–H and O–H groups in total. The summed E-state index contributed by atoms with van der Waals surface area (Å²) in [4.78, 5) is 18.4. The summed E-state index contributed by atoms with van der Waals surface area (Å²) >= 11 is 6.35. The highest BCUT2D eigenvalue weighted by molar-refractivity contribution is 6.31. The molecule has 3 rings (SSSR count). The number of nitrogens with one attached hydrogen (secondary N) is 1. The Balaban J connectivity index is 1.62. The Morgan fingerprint density at radius 2 is 2.36 bits per heavy atom. The maximum Gasteiger partial charge on any atom is 0.317 e. The smallest absolute Gasteiger partial charge is 0.317 e. The van der Waals surface area contributed by atoms with Crippen LogP contribution in [0.5, 0.6) is 0 Å². The lowest BCUT2D eigenvalue weighted by atomic mass is 10.1. The highest BCUT2D eigenvalue weighted by Crippen LogP contribution is 2.23. The molecule has 1 aromatic carbocycles. The standard InChI is InChI=1S/C18H23ClN4O2/c1-2-25-12-14-6-8-22(11-14)18(24)21-10-15-16(19)4-3-5-17(15)23-9-7-20-13-23/h3-5,7,9,13-14H,2,6,8,10-12H2,1H3,(H,21,24). The van der Waals surface area contributed by atoms with E-state index in [1.165, 1.54) is 0 Å². The molecule has 1 aliphatic heterocycles. The molecule has 0 spiro atoms. The van der Waals surface area contributed by atoms with E-state index in [-0.39, 0.29) is 6.03 Å². The van der Waals surface area contributed by atoms with Crippen LogP contribution in [-0.2, 0) is 11.3 Å². The molecular formula is C18H23ClN4O2. The third kappa shape index (κ3) is 4.32. The van der Waals surface area contributed by atoms with Gasteiger partial charge in [0.05, 0.1) is 18.6 Å². The van der Waals surface area contributed by atoms with Gasteiger partial charge in [-0.25, -0.2) is 9.78 Å². The first-order valence-electron chi connectivity index (χ1n) is 8.55. The fourth-order valence-electron chi connectivity index (χ4n) is 3.08. The molecule has 2 amide bonds. The molecule has 1 fully saturated rings. The van der Waals surface area contributed by atoms with E-state index in [9.17, 15) is 4.79 Å². The van der Waals surface area contributed by atoms with Crippen LogP contribution in [-0.4, -0.2) is 46.8 Å². The van der Waals surface area contributed by atoms with Crippen molar-refractivity contribution in [2.75, 3.05) is 26.3 Å². The van der Waals surface area contributed by atoms with Crippen LogP contribution in [0.15, 0.2) is 36.9 Å². The average molecular weight is 363 g/mol. The zero-order valence-electron chi connectivity index (χ0n) is 14.3. The van der Waals surface area contributed by atoms with E-state index in [0.29, 0.717) is 24.1 Å². The van der Waals surface area contributed by atoms with Gasteiger partial charge in [0.25, 0.3) is 0 Å². The predicted octanol–water partition coefficient (Wildman–Crippen LogP) is 3.09. The van der Waals surface area contributed by atoms with Gasteiger partial charge < -0.3 is 19.5 Å². The van der Waals surface area contributed by atoms with E-state index in [4.69, 9.17) is 16.3 Å².